The summed E-state index contributed by atoms with van der Waals surface area (Å²) in [6, 6.07) is 5.60. The molecule has 3 rings (SSSR count). The van der Waals surface area contributed by atoms with Gasteiger partial charge in [-0.05, 0) is 70.9 Å². The number of fused-ring (bicyclic) bond motifs is 1. The number of rotatable bonds is 4. The first-order valence-electron chi connectivity index (χ1n) is 9.56. The van der Waals surface area contributed by atoms with Crippen LogP contribution in [0.3, 0.4) is 0 Å². The molecule has 0 saturated heterocycles. The molecule has 2 heterocycles. The fourth-order valence-electron chi connectivity index (χ4n) is 3.50. The molecule has 0 amide bonds. The molecule has 1 N–H and O–H groups in total. The van der Waals surface area contributed by atoms with Crippen molar-refractivity contribution in [3.63, 3.8) is 0 Å². The first kappa shape index (κ1) is 21.2. The van der Waals surface area contributed by atoms with Gasteiger partial charge in [0.15, 0.2) is 0 Å². The molecule has 0 aliphatic rings. The molecule has 6 heteroatoms. The molecule has 0 fully saturated rings. The van der Waals surface area contributed by atoms with E-state index in [4.69, 9.17) is 26.1 Å². The van der Waals surface area contributed by atoms with E-state index in [0.717, 1.165) is 44.7 Å². The molecule has 1 aromatic carbocycles. The Bertz CT molecular complexity index is 1090. The van der Waals surface area contributed by atoms with Crippen molar-refractivity contribution in [1.29, 1.82) is 0 Å². The number of aromatic nitrogens is 2. The van der Waals surface area contributed by atoms with Crippen LogP contribution in [-0.2, 0) is 16.0 Å². The third-order valence-corrected chi connectivity index (χ3v) is 5.16. The zero-order valence-corrected chi connectivity index (χ0v) is 18.7. The standard InChI is InChI=1S/C23H27ClN2O3/c1-12-13(2)25-22-20(12)21(17(14(3)26-22)11-19(27)28-7)16-9-8-15(24)10-18(16)29-23(4,5)6/h8-10H,11H2,1-7H3,(H,25,26). The van der Waals surface area contributed by atoms with Crippen LogP contribution in [0.4, 0.5) is 0 Å². The number of esters is 1. The Kier molecular flexibility index (Phi) is 5.63. The van der Waals surface area contributed by atoms with E-state index in [1.165, 1.54) is 7.11 Å². The van der Waals surface area contributed by atoms with Crippen molar-refractivity contribution in [2.45, 2.75) is 53.6 Å². The maximum Gasteiger partial charge on any atom is 0.310 e. The van der Waals surface area contributed by atoms with Gasteiger partial charge in [0.1, 0.15) is 17.0 Å². The first-order valence-corrected chi connectivity index (χ1v) is 9.93. The number of pyridine rings is 1. The van der Waals surface area contributed by atoms with Crippen molar-refractivity contribution in [3.8, 4) is 16.9 Å². The van der Waals surface area contributed by atoms with Gasteiger partial charge in [0, 0.05) is 32.9 Å². The molecule has 0 radical (unpaired) electrons. The van der Waals surface area contributed by atoms with Crippen LogP contribution in [0, 0.1) is 20.8 Å². The third-order valence-electron chi connectivity index (χ3n) is 4.93. The van der Waals surface area contributed by atoms with Gasteiger partial charge in [-0.1, -0.05) is 11.6 Å². The number of ether oxygens (including phenoxy) is 2. The Morgan fingerprint density at radius 1 is 1.21 bits per heavy atom. The van der Waals surface area contributed by atoms with Gasteiger partial charge in [0.25, 0.3) is 0 Å². The van der Waals surface area contributed by atoms with E-state index in [9.17, 15) is 4.79 Å². The number of hydrogen-bond donors (Lipinski definition) is 1. The number of nitrogens with zero attached hydrogens (tertiary/aromatic N) is 1. The largest absolute Gasteiger partial charge is 0.487 e. The summed E-state index contributed by atoms with van der Waals surface area (Å²) in [5.74, 6) is 0.355. The summed E-state index contributed by atoms with van der Waals surface area (Å²) >= 11 is 6.29. The SMILES string of the molecule is COC(=O)Cc1c(C)nc2[nH]c(C)c(C)c2c1-c1ccc(Cl)cc1OC(C)(C)C. The van der Waals surface area contributed by atoms with Crippen LogP contribution in [0.2, 0.25) is 5.02 Å². The van der Waals surface area contributed by atoms with Crippen molar-refractivity contribution in [2.24, 2.45) is 0 Å². The highest BCUT2D eigenvalue weighted by atomic mass is 35.5. The number of aryl methyl sites for hydroxylation is 3. The summed E-state index contributed by atoms with van der Waals surface area (Å²) < 4.78 is 11.2. The summed E-state index contributed by atoms with van der Waals surface area (Å²) in [6.07, 6.45) is 0.127. The molecular formula is C23H27ClN2O3. The molecule has 0 aliphatic heterocycles. The van der Waals surface area contributed by atoms with E-state index < -0.39 is 5.60 Å². The van der Waals surface area contributed by atoms with Gasteiger partial charge in [-0.3, -0.25) is 4.79 Å². The van der Waals surface area contributed by atoms with Gasteiger partial charge in [-0.2, -0.15) is 0 Å². The average Bonchev–Trinajstić information content (AvgIpc) is 2.88. The molecular weight excluding hydrogens is 388 g/mol. The van der Waals surface area contributed by atoms with Gasteiger partial charge in [-0.15, -0.1) is 0 Å². The number of nitrogens with one attached hydrogen (secondary N) is 1. The van der Waals surface area contributed by atoms with Crippen LogP contribution in [0.5, 0.6) is 5.75 Å². The Hall–Kier alpha value is -2.53. The zero-order valence-electron chi connectivity index (χ0n) is 18.0. The minimum absolute atomic E-state index is 0.127. The van der Waals surface area contributed by atoms with Crippen molar-refractivity contribution in [2.75, 3.05) is 7.11 Å². The summed E-state index contributed by atoms with van der Waals surface area (Å²) in [6.45, 7) is 12.0. The first-order chi connectivity index (χ1) is 13.5. The van der Waals surface area contributed by atoms with E-state index in [0.29, 0.717) is 10.8 Å². The molecule has 5 nitrogen and oxygen atoms in total. The molecule has 3 aromatic rings. The van der Waals surface area contributed by atoms with Crippen molar-refractivity contribution >= 4 is 28.6 Å². The number of carbonyl (C=O) groups is 1. The van der Waals surface area contributed by atoms with E-state index >= 15 is 0 Å². The minimum Gasteiger partial charge on any atom is -0.487 e. The Balaban J connectivity index is 2.41. The van der Waals surface area contributed by atoms with E-state index in [1.807, 2.05) is 52.8 Å². The molecule has 0 aliphatic carbocycles. The van der Waals surface area contributed by atoms with Gasteiger partial charge < -0.3 is 14.5 Å². The second-order valence-corrected chi connectivity index (χ2v) is 8.69. The Labute approximate surface area is 176 Å². The van der Waals surface area contributed by atoms with E-state index in [1.54, 1.807) is 0 Å². The third kappa shape index (κ3) is 4.25. The molecule has 0 bridgehead atoms. The Morgan fingerprint density at radius 3 is 2.52 bits per heavy atom. The topological polar surface area (TPSA) is 64.2 Å². The lowest BCUT2D eigenvalue weighted by Gasteiger charge is -2.25. The summed E-state index contributed by atoms with van der Waals surface area (Å²) in [5.41, 5.74) is 5.91. The Morgan fingerprint density at radius 2 is 1.90 bits per heavy atom. The highest BCUT2D eigenvalue weighted by Gasteiger charge is 2.24. The van der Waals surface area contributed by atoms with Crippen LogP contribution in [0.15, 0.2) is 18.2 Å². The molecule has 0 unspecified atom stereocenters. The molecule has 0 spiro atoms. The minimum atomic E-state index is -0.410. The van der Waals surface area contributed by atoms with E-state index in [-0.39, 0.29) is 12.4 Å². The van der Waals surface area contributed by atoms with Crippen LogP contribution in [0.1, 0.15) is 43.3 Å². The van der Waals surface area contributed by atoms with E-state index in [2.05, 4.69) is 11.9 Å². The normalized spacial score (nSPS) is 11.7. The second kappa shape index (κ2) is 7.71. The van der Waals surface area contributed by atoms with Gasteiger partial charge >= 0.3 is 5.97 Å². The second-order valence-electron chi connectivity index (χ2n) is 8.26. The van der Waals surface area contributed by atoms with Gasteiger partial charge in [0.2, 0.25) is 0 Å². The monoisotopic (exact) mass is 414 g/mol. The summed E-state index contributed by atoms with van der Waals surface area (Å²) in [4.78, 5) is 20.3. The lowest BCUT2D eigenvalue weighted by atomic mass is 9.92. The predicted molar refractivity (Wildman–Crippen MR) is 117 cm³/mol. The summed E-state index contributed by atoms with van der Waals surface area (Å²) in [5, 5.41) is 1.57. The van der Waals surface area contributed by atoms with Crippen LogP contribution in [0.25, 0.3) is 22.2 Å². The zero-order chi connectivity index (χ0) is 21.5. The number of hydrogen-bond acceptors (Lipinski definition) is 4. The predicted octanol–water partition coefficient (Wildman–Crippen LogP) is 5.70. The number of carbonyl (C=O) groups excluding carboxylic acids is 1. The fraction of sp³-hybridized carbons (Fsp3) is 0.391. The number of H-pyrrole nitrogens is 1. The van der Waals surface area contributed by atoms with Crippen LogP contribution < -0.4 is 4.74 Å². The van der Waals surface area contributed by atoms with Gasteiger partial charge in [-0.25, -0.2) is 4.98 Å². The molecule has 154 valence electrons. The number of halogens is 1. The average molecular weight is 415 g/mol. The molecule has 0 atom stereocenters. The lowest BCUT2D eigenvalue weighted by molar-refractivity contribution is -0.139. The number of benzene rings is 1. The van der Waals surface area contributed by atoms with Crippen molar-refractivity contribution in [3.05, 3.63) is 45.7 Å². The number of aromatic amines is 1. The maximum absolute atomic E-state index is 12.2. The highest BCUT2D eigenvalue weighted by molar-refractivity contribution is 6.30. The molecule has 0 saturated carbocycles. The highest BCUT2D eigenvalue weighted by Crippen LogP contribution is 2.42. The molecule has 29 heavy (non-hydrogen) atoms. The number of methoxy groups -OCH3 is 1. The fourth-order valence-corrected chi connectivity index (χ4v) is 3.66. The quantitative estimate of drug-likeness (QED) is 0.556. The lowest BCUT2D eigenvalue weighted by Crippen LogP contribution is -2.23. The summed E-state index contributed by atoms with van der Waals surface area (Å²) in [7, 11) is 1.39. The molecule has 2 aromatic heterocycles. The van der Waals surface area contributed by atoms with Crippen LogP contribution >= 0.6 is 11.6 Å². The smallest absolute Gasteiger partial charge is 0.310 e. The maximum atomic E-state index is 12.2. The van der Waals surface area contributed by atoms with Crippen molar-refractivity contribution < 1.29 is 14.3 Å². The van der Waals surface area contributed by atoms with Gasteiger partial charge in [0.05, 0.1) is 13.5 Å². The van der Waals surface area contributed by atoms with Crippen molar-refractivity contribution in [1.82, 2.24) is 9.97 Å². The van der Waals surface area contributed by atoms with Crippen LogP contribution in [-0.4, -0.2) is 28.6 Å².